The summed E-state index contributed by atoms with van der Waals surface area (Å²) in [4.78, 5) is 19.1. The second-order valence-electron chi connectivity index (χ2n) is 12.7. The second kappa shape index (κ2) is 14.5. The molecule has 0 spiro atoms. The van der Waals surface area contributed by atoms with Crippen molar-refractivity contribution in [1.29, 1.82) is 0 Å². The average molecular weight is 720 g/mol. The van der Waals surface area contributed by atoms with Crippen molar-refractivity contribution in [3.8, 4) is 11.4 Å². The normalized spacial score (nSPS) is 20.0. The number of rotatable bonds is 11. The topological polar surface area (TPSA) is 105 Å². The van der Waals surface area contributed by atoms with Crippen molar-refractivity contribution >= 4 is 34.6 Å². The van der Waals surface area contributed by atoms with Crippen LogP contribution in [0.2, 0.25) is 10.0 Å². The summed E-state index contributed by atoms with van der Waals surface area (Å²) < 4.78 is 22.2. The zero-order valence-electron chi connectivity index (χ0n) is 28.3. The molecule has 262 valence electrons. The first-order valence-electron chi connectivity index (χ1n) is 16.8. The van der Waals surface area contributed by atoms with Crippen molar-refractivity contribution in [2.24, 2.45) is 0 Å². The Morgan fingerprint density at radius 2 is 1.60 bits per heavy atom. The summed E-state index contributed by atoms with van der Waals surface area (Å²) in [6, 6.07) is 19.7. The van der Waals surface area contributed by atoms with Crippen LogP contribution >= 0.6 is 23.2 Å². The molecule has 5 aromatic rings. The Morgan fingerprint density at radius 3 is 2.28 bits per heavy atom. The molecule has 50 heavy (non-hydrogen) atoms. The summed E-state index contributed by atoms with van der Waals surface area (Å²) in [6.07, 6.45) is 5.32. The van der Waals surface area contributed by atoms with Gasteiger partial charge >= 0.3 is 5.69 Å². The third-order valence-corrected chi connectivity index (χ3v) is 9.99. The van der Waals surface area contributed by atoms with E-state index in [4.69, 9.17) is 37.4 Å². The number of nitrogens with zero attached hydrogens (tertiary/aromatic N) is 8. The lowest BCUT2D eigenvalue weighted by Crippen LogP contribution is -2.46. The summed E-state index contributed by atoms with van der Waals surface area (Å²) in [5, 5.41) is 13.8. The van der Waals surface area contributed by atoms with Gasteiger partial charge in [0.1, 0.15) is 31.3 Å². The maximum atomic E-state index is 12.8. The number of anilines is 2. The highest BCUT2D eigenvalue weighted by molar-refractivity contribution is 6.35. The zero-order valence-corrected chi connectivity index (χ0v) is 29.8. The van der Waals surface area contributed by atoms with Crippen molar-refractivity contribution < 1.29 is 14.2 Å². The summed E-state index contributed by atoms with van der Waals surface area (Å²) in [5.74, 6) is -0.394. The summed E-state index contributed by atoms with van der Waals surface area (Å²) in [7, 11) is 0. The molecule has 3 unspecified atom stereocenters. The van der Waals surface area contributed by atoms with Crippen LogP contribution in [0.5, 0.6) is 5.75 Å². The monoisotopic (exact) mass is 718 g/mol. The van der Waals surface area contributed by atoms with Gasteiger partial charge < -0.3 is 24.0 Å². The fraction of sp³-hybridized carbons (Fsp3) is 0.389. The third kappa shape index (κ3) is 6.98. The van der Waals surface area contributed by atoms with Crippen LogP contribution in [-0.2, 0) is 21.8 Å². The Hall–Kier alpha value is -4.36. The molecule has 14 heteroatoms. The average Bonchev–Trinajstić information content (AvgIpc) is 3.89. The van der Waals surface area contributed by atoms with Crippen LogP contribution in [0.4, 0.5) is 11.4 Å². The summed E-state index contributed by atoms with van der Waals surface area (Å²) >= 11 is 12.8. The van der Waals surface area contributed by atoms with Gasteiger partial charge in [-0.05, 0) is 80.4 Å². The minimum Gasteiger partial charge on any atom is -0.491 e. The maximum absolute atomic E-state index is 12.8. The van der Waals surface area contributed by atoms with Gasteiger partial charge in [0.15, 0.2) is 0 Å². The molecule has 2 saturated heterocycles. The van der Waals surface area contributed by atoms with Crippen LogP contribution in [0.15, 0.2) is 84.2 Å². The number of halogens is 2. The van der Waals surface area contributed by atoms with Gasteiger partial charge in [-0.15, -0.1) is 0 Å². The fourth-order valence-electron chi connectivity index (χ4n) is 6.46. The zero-order chi connectivity index (χ0) is 34.8. The third-order valence-electron chi connectivity index (χ3n) is 9.44. The molecule has 2 aromatic heterocycles. The first-order valence-corrected chi connectivity index (χ1v) is 17.6. The van der Waals surface area contributed by atoms with Gasteiger partial charge in [-0.1, -0.05) is 36.2 Å². The van der Waals surface area contributed by atoms with E-state index in [0.29, 0.717) is 28.8 Å². The van der Waals surface area contributed by atoms with Crippen molar-refractivity contribution in [1.82, 2.24) is 29.3 Å². The van der Waals surface area contributed by atoms with Crippen molar-refractivity contribution in [3.05, 3.63) is 111 Å². The van der Waals surface area contributed by atoms with Gasteiger partial charge in [0.25, 0.3) is 0 Å². The summed E-state index contributed by atoms with van der Waals surface area (Å²) in [5.41, 5.74) is 4.69. The largest absolute Gasteiger partial charge is 0.491 e. The molecule has 0 saturated carbocycles. The minimum atomic E-state index is -1.19. The molecule has 0 N–H and O–H groups in total. The van der Waals surface area contributed by atoms with E-state index in [1.54, 1.807) is 40.1 Å². The highest BCUT2D eigenvalue weighted by Crippen LogP contribution is 2.40. The Morgan fingerprint density at radius 1 is 0.920 bits per heavy atom. The molecular weight excluding hydrogens is 679 g/mol. The number of aryl methyl sites for hydroxylation is 1. The van der Waals surface area contributed by atoms with Gasteiger partial charge in [-0.25, -0.2) is 14.0 Å². The number of ether oxygens (including phenoxy) is 3. The number of piperazine rings is 1. The van der Waals surface area contributed by atoms with Crippen molar-refractivity contribution in [2.75, 3.05) is 49.2 Å². The Labute approximate surface area is 300 Å². The van der Waals surface area contributed by atoms with E-state index >= 15 is 0 Å². The molecule has 0 aliphatic carbocycles. The molecule has 0 radical (unpaired) electrons. The Kier molecular flexibility index (Phi) is 9.87. The van der Waals surface area contributed by atoms with Gasteiger partial charge in [0.2, 0.25) is 5.79 Å². The SMILES string of the molecule is CCC(C)n1ncn(-c2ccc(N3CCN(c4ccc(OCC5COC(Cn6nccn6)(c6ccc(Cl)cc6Cl)O5)c(C)c4)CC3)cc2)c1=O. The first kappa shape index (κ1) is 34.1. The fourth-order valence-corrected chi connectivity index (χ4v) is 7.01. The molecule has 4 heterocycles. The molecule has 3 aromatic carbocycles. The van der Waals surface area contributed by atoms with Crippen LogP contribution in [0, 0.1) is 6.92 Å². The van der Waals surface area contributed by atoms with Crippen LogP contribution in [0.1, 0.15) is 37.4 Å². The predicted octanol–water partition coefficient (Wildman–Crippen LogP) is 5.89. The van der Waals surface area contributed by atoms with E-state index in [9.17, 15) is 4.79 Å². The van der Waals surface area contributed by atoms with Gasteiger partial charge in [-0.3, -0.25) is 0 Å². The maximum Gasteiger partial charge on any atom is 0.350 e. The van der Waals surface area contributed by atoms with Crippen LogP contribution in [0.25, 0.3) is 5.69 Å². The van der Waals surface area contributed by atoms with Gasteiger partial charge in [0.05, 0.1) is 35.8 Å². The van der Waals surface area contributed by atoms with Gasteiger partial charge in [0, 0.05) is 48.1 Å². The number of aromatic nitrogens is 6. The first-order chi connectivity index (χ1) is 24.2. The second-order valence-corrected chi connectivity index (χ2v) is 13.6. The van der Waals surface area contributed by atoms with E-state index in [-0.39, 0.29) is 24.4 Å². The molecule has 2 fully saturated rings. The highest BCUT2D eigenvalue weighted by Gasteiger charge is 2.46. The Balaban J connectivity index is 0.947. The van der Waals surface area contributed by atoms with E-state index in [0.717, 1.165) is 61.0 Å². The molecule has 7 rings (SSSR count). The molecule has 2 aliphatic heterocycles. The predicted molar refractivity (Wildman–Crippen MR) is 193 cm³/mol. The number of benzene rings is 3. The number of hydrogen-bond donors (Lipinski definition) is 0. The molecule has 0 amide bonds. The van der Waals surface area contributed by atoms with Crippen molar-refractivity contribution in [3.63, 3.8) is 0 Å². The molecule has 2 aliphatic rings. The van der Waals surface area contributed by atoms with Crippen LogP contribution < -0.4 is 20.2 Å². The minimum absolute atomic E-state index is 0.0632. The van der Waals surface area contributed by atoms with Gasteiger partial charge in [-0.2, -0.15) is 20.1 Å². The lowest BCUT2D eigenvalue weighted by Gasteiger charge is -2.37. The Bertz CT molecular complexity index is 1970. The molecular formula is C36H40Cl2N8O4. The molecule has 0 bridgehead atoms. The summed E-state index contributed by atoms with van der Waals surface area (Å²) in [6.45, 7) is 10.5. The lowest BCUT2D eigenvalue weighted by atomic mass is 10.1. The molecule has 12 nitrogen and oxygen atoms in total. The van der Waals surface area contributed by atoms with E-state index in [2.05, 4.69) is 56.3 Å². The molecule has 3 atom stereocenters. The standard InChI is InChI=1S/C36H40Cl2N8O4/c1-4-26(3)46-35(47)44(24-41-46)29-8-6-28(7-9-29)42-15-17-43(18-16-42)30-10-12-34(25(2)19-30)48-21-31-22-49-36(50-31,23-45-39-13-14-40-45)32-11-5-27(37)20-33(32)38/h5-14,19-20,24,26,31H,4,15-18,21-23H2,1-3H3. The van der Waals surface area contributed by atoms with E-state index in [1.807, 2.05) is 38.1 Å². The van der Waals surface area contributed by atoms with E-state index in [1.165, 1.54) is 4.80 Å². The quantitative estimate of drug-likeness (QED) is 0.166. The van der Waals surface area contributed by atoms with Crippen molar-refractivity contribution in [2.45, 2.75) is 51.7 Å². The van der Waals surface area contributed by atoms with Crippen LogP contribution in [0.3, 0.4) is 0 Å². The van der Waals surface area contributed by atoms with E-state index < -0.39 is 5.79 Å². The lowest BCUT2D eigenvalue weighted by molar-refractivity contribution is -0.192. The highest BCUT2D eigenvalue weighted by atomic mass is 35.5. The smallest absolute Gasteiger partial charge is 0.350 e. The number of hydrogen-bond acceptors (Lipinski definition) is 9. The van der Waals surface area contributed by atoms with Crippen LogP contribution in [-0.4, -0.2) is 74.8 Å².